The Morgan fingerprint density at radius 1 is 1.40 bits per heavy atom. The predicted octanol–water partition coefficient (Wildman–Crippen LogP) is 2.23. The molecule has 2 aromatic rings. The fourth-order valence-corrected chi connectivity index (χ4v) is 1.69. The van der Waals surface area contributed by atoms with Gasteiger partial charge in [0.1, 0.15) is 12.1 Å². The first-order chi connectivity index (χ1) is 7.08. The Labute approximate surface area is 90.9 Å². The van der Waals surface area contributed by atoms with Crippen molar-refractivity contribution in [3.8, 4) is 0 Å². The van der Waals surface area contributed by atoms with Gasteiger partial charge in [0.2, 0.25) is 0 Å². The molecule has 0 fully saturated rings. The number of hydrogen-bond donors (Lipinski definition) is 0. The lowest BCUT2D eigenvalue weighted by molar-refractivity contribution is -0.670. The van der Waals surface area contributed by atoms with Gasteiger partial charge in [0, 0.05) is 12.1 Å². The van der Waals surface area contributed by atoms with Gasteiger partial charge in [0.05, 0.1) is 10.3 Å². The third-order valence-corrected chi connectivity index (χ3v) is 2.48. The second kappa shape index (κ2) is 3.47. The molecule has 15 heavy (non-hydrogen) atoms. The van der Waals surface area contributed by atoms with Crippen LogP contribution in [-0.2, 0) is 7.05 Å². The van der Waals surface area contributed by atoms with Crippen LogP contribution in [0.4, 0.5) is 5.69 Å². The van der Waals surface area contributed by atoms with Gasteiger partial charge in [-0.15, -0.1) is 0 Å². The molecule has 0 bridgehead atoms. The van der Waals surface area contributed by atoms with E-state index in [1.165, 1.54) is 6.07 Å². The van der Waals surface area contributed by atoms with Crippen molar-refractivity contribution >= 4 is 28.1 Å². The maximum Gasteiger partial charge on any atom is 0.288 e. The Bertz CT molecular complexity index is 554. The molecule has 76 valence electrons. The van der Waals surface area contributed by atoms with Crippen LogP contribution in [0.25, 0.3) is 10.8 Å². The quantitative estimate of drug-likeness (QED) is 0.423. The lowest BCUT2D eigenvalue weighted by Crippen LogP contribution is -2.25. The van der Waals surface area contributed by atoms with E-state index in [4.69, 9.17) is 11.6 Å². The Morgan fingerprint density at radius 3 is 2.80 bits per heavy atom. The van der Waals surface area contributed by atoms with Crippen molar-refractivity contribution in [2.24, 2.45) is 7.05 Å². The van der Waals surface area contributed by atoms with Gasteiger partial charge in [-0.2, -0.15) is 0 Å². The van der Waals surface area contributed by atoms with E-state index in [2.05, 4.69) is 0 Å². The molecule has 1 aromatic heterocycles. The van der Waals surface area contributed by atoms with Gasteiger partial charge in [-0.25, -0.2) is 4.57 Å². The third kappa shape index (κ3) is 1.76. The van der Waals surface area contributed by atoms with Crippen LogP contribution in [-0.4, -0.2) is 4.92 Å². The van der Waals surface area contributed by atoms with Crippen LogP contribution in [0.2, 0.25) is 5.02 Å². The minimum absolute atomic E-state index is 0.0598. The molecule has 4 nitrogen and oxygen atoms in total. The summed E-state index contributed by atoms with van der Waals surface area (Å²) in [5.41, 5.74) is -0.0598. The molecule has 2 rings (SSSR count). The minimum atomic E-state index is -0.477. The number of pyridine rings is 1. The van der Waals surface area contributed by atoms with E-state index in [0.29, 0.717) is 0 Å². The number of nitro groups is 1. The average molecular weight is 224 g/mol. The number of aromatic nitrogens is 1. The number of hydrogen-bond acceptors (Lipinski definition) is 2. The molecular formula is C10H8ClN2O2+. The van der Waals surface area contributed by atoms with Crippen LogP contribution >= 0.6 is 11.6 Å². The Morgan fingerprint density at radius 2 is 2.13 bits per heavy atom. The molecule has 0 atom stereocenters. The van der Waals surface area contributed by atoms with Crippen LogP contribution in [0.3, 0.4) is 0 Å². The monoisotopic (exact) mass is 223 g/mol. The molecule has 0 saturated carbocycles. The lowest BCUT2D eigenvalue weighted by Gasteiger charge is -1.98. The molecular weight excluding hydrogens is 216 g/mol. The van der Waals surface area contributed by atoms with E-state index in [1.54, 1.807) is 6.07 Å². The van der Waals surface area contributed by atoms with E-state index < -0.39 is 4.92 Å². The standard InChI is InChI=1S/C10H8ClN2O2/c1-12-3-2-7-4-9(11)10(13(14)15)5-8(7)6-12/h2-6H,1H3/q+1. The maximum absolute atomic E-state index is 10.7. The zero-order valence-electron chi connectivity index (χ0n) is 7.98. The molecule has 0 aliphatic rings. The molecule has 0 saturated heterocycles. The van der Waals surface area contributed by atoms with Crippen molar-refractivity contribution < 1.29 is 9.49 Å². The average Bonchev–Trinajstić information content (AvgIpc) is 2.17. The van der Waals surface area contributed by atoms with Crippen molar-refractivity contribution in [2.45, 2.75) is 0 Å². The van der Waals surface area contributed by atoms with Crippen LogP contribution < -0.4 is 4.57 Å². The molecule has 0 amide bonds. The highest BCUT2D eigenvalue weighted by Crippen LogP contribution is 2.28. The topological polar surface area (TPSA) is 47.0 Å². The van der Waals surface area contributed by atoms with Gasteiger partial charge < -0.3 is 0 Å². The number of nitrogens with zero attached hydrogens (tertiary/aromatic N) is 2. The summed E-state index contributed by atoms with van der Waals surface area (Å²) in [6.07, 6.45) is 3.68. The Kier molecular flexibility index (Phi) is 2.28. The van der Waals surface area contributed by atoms with Crippen molar-refractivity contribution in [1.29, 1.82) is 0 Å². The fourth-order valence-electron chi connectivity index (χ4n) is 1.45. The van der Waals surface area contributed by atoms with Crippen LogP contribution in [0.15, 0.2) is 30.6 Å². The number of nitro benzene ring substituents is 1. The highest BCUT2D eigenvalue weighted by Gasteiger charge is 2.14. The summed E-state index contributed by atoms with van der Waals surface area (Å²) in [5.74, 6) is 0. The molecule has 0 radical (unpaired) electrons. The summed E-state index contributed by atoms with van der Waals surface area (Å²) >= 11 is 5.79. The van der Waals surface area contributed by atoms with Gasteiger partial charge in [-0.3, -0.25) is 10.1 Å². The highest BCUT2D eigenvalue weighted by atomic mass is 35.5. The van der Waals surface area contributed by atoms with Crippen molar-refractivity contribution in [1.82, 2.24) is 0 Å². The van der Waals surface area contributed by atoms with E-state index in [9.17, 15) is 10.1 Å². The van der Waals surface area contributed by atoms with Gasteiger partial charge in [-0.1, -0.05) is 11.6 Å². The van der Waals surface area contributed by atoms with Crippen LogP contribution in [0.5, 0.6) is 0 Å². The second-order valence-corrected chi connectivity index (χ2v) is 3.71. The first kappa shape index (κ1) is 9.86. The molecule has 5 heteroatoms. The Hall–Kier alpha value is -1.68. The molecule has 0 aliphatic heterocycles. The largest absolute Gasteiger partial charge is 0.288 e. The molecule has 1 aromatic carbocycles. The number of halogens is 1. The molecule has 0 unspecified atom stereocenters. The van der Waals surface area contributed by atoms with Crippen molar-refractivity contribution in [2.75, 3.05) is 0 Å². The first-order valence-electron chi connectivity index (χ1n) is 4.31. The zero-order chi connectivity index (χ0) is 11.0. The van der Waals surface area contributed by atoms with E-state index in [-0.39, 0.29) is 10.7 Å². The van der Waals surface area contributed by atoms with E-state index >= 15 is 0 Å². The minimum Gasteiger partial charge on any atom is -0.258 e. The van der Waals surface area contributed by atoms with Gasteiger partial charge in [-0.05, 0) is 11.5 Å². The summed E-state index contributed by atoms with van der Waals surface area (Å²) < 4.78 is 1.83. The molecule has 0 aliphatic carbocycles. The lowest BCUT2D eigenvalue weighted by atomic mass is 10.1. The number of benzene rings is 1. The van der Waals surface area contributed by atoms with Crippen LogP contribution in [0, 0.1) is 10.1 Å². The SMILES string of the molecule is C[n+]1ccc2cc(Cl)c([N+](=O)[O-])cc2c1. The molecule has 0 spiro atoms. The predicted molar refractivity (Wildman–Crippen MR) is 56.8 cm³/mol. The van der Waals surface area contributed by atoms with Crippen LogP contribution in [0.1, 0.15) is 0 Å². The second-order valence-electron chi connectivity index (χ2n) is 3.30. The Balaban J connectivity index is 2.77. The van der Waals surface area contributed by atoms with Gasteiger partial charge in [0.25, 0.3) is 5.69 Å². The zero-order valence-corrected chi connectivity index (χ0v) is 8.73. The summed E-state index contributed by atoms with van der Waals surface area (Å²) in [4.78, 5) is 10.2. The highest BCUT2D eigenvalue weighted by molar-refractivity contribution is 6.33. The maximum atomic E-state index is 10.7. The summed E-state index contributed by atoms with van der Waals surface area (Å²) in [7, 11) is 1.86. The summed E-state index contributed by atoms with van der Waals surface area (Å²) in [6.45, 7) is 0. The summed E-state index contributed by atoms with van der Waals surface area (Å²) in [6, 6.07) is 4.96. The normalized spacial score (nSPS) is 10.5. The number of fused-ring (bicyclic) bond motifs is 1. The molecule has 0 N–H and O–H groups in total. The van der Waals surface area contributed by atoms with E-state index in [0.717, 1.165) is 10.8 Å². The van der Waals surface area contributed by atoms with E-state index in [1.807, 2.05) is 30.1 Å². The fraction of sp³-hybridized carbons (Fsp3) is 0.100. The van der Waals surface area contributed by atoms with Crippen molar-refractivity contribution in [3.05, 3.63) is 45.7 Å². The van der Waals surface area contributed by atoms with Gasteiger partial charge >= 0.3 is 0 Å². The third-order valence-electron chi connectivity index (χ3n) is 2.18. The van der Waals surface area contributed by atoms with Gasteiger partial charge in [0.15, 0.2) is 12.4 Å². The smallest absolute Gasteiger partial charge is 0.258 e. The number of aryl methyl sites for hydroxylation is 1. The summed E-state index contributed by atoms with van der Waals surface area (Å²) in [5, 5.41) is 12.5. The molecule has 1 heterocycles. The first-order valence-corrected chi connectivity index (χ1v) is 4.68. The van der Waals surface area contributed by atoms with Crippen molar-refractivity contribution in [3.63, 3.8) is 0 Å². The number of rotatable bonds is 1.